The van der Waals surface area contributed by atoms with Gasteiger partial charge in [-0.1, -0.05) is 0 Å². The summed E-state index contributed by atoms with van der Waals surface area (Å²) in [6.07, 6.45) is 0.954. The average Bonchev–Trinajstić information content (AvgIpc) is 2.38. The van der Waals surface area contributed by atoms with Gasteiger partial charge in [-0.3, -0.25) is 0 Å². The highest BCUT2D eigenvalue weighted by atomic mass is 16.5. The summed E-state index contributed by atoms with van der Waals surface area (Å²) in [5.41, 5.74) is 2.40. The molecule has 1 aromatic rings. The standard InChI is InChI=1S/C13H19NO3/c1-15-8-10-13-9(6-7-14-10)11(16-2)4-5-12(13)17-3/h4-5,10,14H,6-8H2,1-3H3. The van der Waals surface area contributed by atoms with Gasteiger partial charge in [0.25, 0.3) is 0 Å². The number of hydrogen-bond donors (Lipinski definition) is 1. The molecule has 0 bridgehead atoms. The molecule has 4 heteroatoms. The lowest BCUT2D eigenvalue weighted by Gasteiger charge is -2.29. The van der Waals surface area contributed by atoms with Gasteiger partial charge in [-0.15, -0.1) is 0 Å². The molecule has 0 saturated heterocycles. The van der Waals surface area contributed by atoms with Crippen LogP contribution in [-0.2, 0) is 11.2 Å². The van der Waals surface area contributed by atoms with E-state index in [0.717, 1.165) is 24.5 Å². The molecule has 0 fully saturated rings. The number of hydrogen-bond acceptors (Lipinski definition) is 4. The smallest absolute Gasteiger partial charge is 0.124 e. The van der Waals surface area contributed by atoms with Crippen LogP contribution in [0.4, 0.5) is 0 Å². The summed E-state index contributed by atoms with van der Waals surface area (Å²) < 4.78 is 16.1. The van der Waals surface area contributed by atoms with Crippen LogP contribution in [-0.4, -0.2) is 34.5 Å². The zero-order chi connectivity index (χ0) is 12.3. The van der Waals surface area contributed by atoms with Crippen molar-refractivity contribution in [3.8, 4) is 11.5 Å². The molecule has 1 aliphatic heterocycles. The van der Waals surface area contributed by atoms with E-state index in [9.17, 15) is 0 Å². The molecule has 2 rings (SSSR count). The van der Waals surface area contributed by atoms with Gasteiger partial charge in [0.1, 0.15) is 11.5 Å². The van der Waals surface area contributed by atoms with Crippen molar-refractivity contribution in [2.75, 3.05) is 34.5 Å². The highest BCUT2D eigenvalue weighted by Gasteiger charge is 2.26. The van der Waals surface area contributed by atoms with Crippen molar-refractivity contribution in [2.24, 2.45) is 0 Å². The maximum atomic E-state index is 5.44. The molecule has 17 heavy (non-hydrogen) atoms. The molecular formula is C13H19NO3. The van der Waals surface area contributed by atoms with Crippen LogP contribution in [0.25, 0.3) is 0 Å². The topological polar surface area (TPSA) is 39.7 Å². The molecule has 0 aromatic heterocycles. The second-order valence-corrected chi connectivity index (χ2v) is 4.07. The van der Waals surface area contributed by atoms with Crippen LogP contribution in [0.5, 0.6) is 11.5 Å². The van der Waals surface area contributed by atoms with Gasteiger partial charge in [0, 0.05) is 18.2 Å². The summed E-state index contributed by atoms with van der Waals surface area (Å²) in [5, 5.41) is 3.44. The van der Waals surface area contributed by atoms with E-state index < -0.39 is 0 Å². The molecule has 1 unspecified atom stereocenters. The maximum absolute atomic E-state index is 5.44. The van der Waals surface area contributed by atoms with Gasteiger partial charge >= 0.3 is 0 Å². The van der Waals surface area contributed by atoms with E-state index in [1.807, 2.05) is 12.1 Å². The number of benzene rings is 1. The van der Waals surface area contributed by atoms with Crippen LogP contribution in [0.3, 0.4) is 0 Å². The molecule has 4 nitrogen and oxygen atoms in total. The normalized spacial score (nSPS) is 18.6. The van der Waals surface area contributed by atoms with E-state index in [0.29, 0.717) is 6.61 Å². The molecule has 0 aliphatic carbocycles. The van der Waals surface area contributed by atoms with E-state index >= 15 is 0 Å². The Kier molecular flexibility index (Phi) is 3.86. The predicted octanol–water partition coefficient (Wildman–Crippen LogP) is 1.54. The summed E-state index contributed by atoms with van der Waals surface area (Å²) in [4.78, 5) is 0. The first-order chi connectivity index (χ1) is 8.31. The van der Waals surface area contributed by atoms with Crippen LogP contribution in [0.15, 0.2) is 12.1 Å². The molecule has 0 radical (unpaired) electrons. The summed E-state index contributed by atoms with van der Waals surface area (Å²) >= 11 is 0. The minimum atomic E-state index is 0.175. The Balaban J connectivity index is 2.48. The zero-order valence-corrected chi connectivity index (χ0v) is 10.6. The third-order valence-electron chi connectivity index (χ3n) is 3.16. The van der Waals surface area contributed by atoms with Crippen molar-refractivity contribution in [1.82, 2.24) is 5.32 Å². The lowest BCUT2D eigenvalue weighted by Crippen LogP contribution is -2.33. The summed E-state index contributed by atoms with van der Waals surface area (Å²) in [6.45, 7) is 1.57. The van der Waals surface area contributed by atoms with E-state index in [-0.39, 0.29) is 6.04 Å². The van der Waals surface area contributed by atoms with Gasteiger partial charge in [-0.05, 0) is 25.1 Å². The molecule has 1 heterocycles. The summed E-state index contributed by atoms with van der Waals surface area (Å²) in [6, 6.07) is 4.09. The third kappa shape index (κ3) is 2.23. The van der Waals surface area contributed by atoms with E-state index in [4.69, 9.17) is 14.2 Å². The van der Waals surface area contributed by atoms with E-state index in [2.05, 4.69) is 5.32 Å². The second-order valence-electron chi connectivity index (χ2n) is 4.07. The fraction of sp³-hybridized carbons (Fsp3) is 0.538. The lowest BCUT2D eigenvalue weighted by atomic mass is 9.93. The SMILES string of the molecule is COCC1NCCc2c(OC)ccc(OC)c21. The predicted molar refractivity (Wildman–Crippen MR) is 65.9 cm³/mol. The number of nitrogens with one attached hydrogen (secondary N) is 1. The second kappa shape index (κ2) is 5.38. The maximum Gasteiger partial charge on any atom is 0.124 e. The van der Waals surface area contributed by atoms with Gasteiger partial charge in [-0.25, -0.2) is 0 Å². The molecule has 0 saturated carbocycles. The quantitative estimate of drug-likeness (QED) is 0.862. The Hall–Kier alpha value is -1.26. The molecule has 0 spiro atoms. The lowest BCUT2D eigenvalue weighted by molar-refractivity contribution is 0.162. The number of ether oxygens (including phenoxy) is 3. The first-order valence-corrected chi connectivity index (χ1v) is 5.78. The Morgan fingerprint density at radius 2 is 1.88 bits per heavy atom. The minimum Gasteiger partial charge on any atom is -0.496 e. The van der Waals surface area contributed by atoms with Crippen molar-refractivity contribution in [3.63, 3.8) is 0 Å². The first-order valence-electron chi connectivity index (χ1n) is 5.78. The van der Waals surface area contributed by atoms with Crippen molar-refractivity contribution in [1.29, 1.82) is 0 Å². The van der Waals surface area contributed by atoms with Gasteiger partial charge < -0.3 is 19.5 Å². The van der Waals surface area contributed by atoms with Gasteiger partial charge in [0.2, 0.25) is 0 Å². The molecule has 0 amide bonds. The largest absolute Gasteiger partial charge is 0.496 e. The monoisotopic (exact) mass is 237 g/mol. The molecule has 1 atom stereocenters. The summed E-state index contributed by atoms with van der Waals surface area (Å²) in [7, 11) is 5.11. The van der Waals surface area contributed by atoms with Crippen molar-refractivity contribution in [3.05, 3.63) is 23.3 Å². The fourth-order valence-electron chi connectivity index (χ4n) is 2.41. The van der Waals surface area contributed by atoms with Crippen LogP contribution in [0, 0.1) is 0 Å². The Morgan fingerprint density at radius 1 is 1.18 bits per heavy atom. The van der Waals surface area contributed by atoms with Crippen molar-refractivity contribution in [2.45, 2.75) is 12.5 Å². The fourth-order valence-corrected chi connectivity index (χ4v) is 2.41. The first kappa shape index (κ1) is 12.2. The highest BCUT2D eigenvalue weighted by Crippen LogP contribution is 2.37. The van der Waals surface area contributed by atoms with Gasteiger partial charge in [-0.2, -0.15) is 0 Å². The average molecular weight is 237 g/mol. The molecule has 94 valence electrons. The molecule has 1 N–H and O–H groups in total. The van der Waals surface area contributed by atoms with Gasteiger partial charge in [0.05, 0.1) is 26.9 Å². The Bertz CT molecular complexity index is 392. The van der Waals surface area contributed by atoms with Crippen LogP contribution < -0.4 is 14.8 Å². The van der Waals surface area contributed by atoms with E-state index in [1.54, 1.807) is 21.3 Å². The summed E-state index contributed by atoms with van der Waals surface area (Å²) in [5.74, 6) is 1.83. The number of fused-ring (bicyclic) bond motifs is 1. The minimum absolute atomic E-state index is 0.175. The van der Waals surface area contributed by atoms with E-state index in [1.165, 1.54) is 11.1 Å². The molecule has 1 aromatic carbocycles. The van der Waals surface area contributed by atoms with Crippen LogP contribution in [0.1, 0.15) is 17.2 Å². The van der Waals surface area contributed by atoms with Crippen LogP contribution >= 0.6 is 0 Å². The third-order valence-corrected chi connectivity index (χ3v) is 3.16. The zero-order valence-electron chi connectivity index (χ0n) is 10.6. The molecular weight excluding hydrogens is 218 g/mol. The molecule has 1 aliphatic rings. The van der Waals surface area contributed by atoms with Crippen molar-refractivity contribution < 1.29 is 14.2 Å². The van der Waals surface area contributed by atoms with Crippen LogP contribution in [0.2, 0.25) is 0 Å². The van der Waals surface area contributed by atoms with Gasteiger partial charge in [0.15, 0.2) is 0 Å². The van der Waals surface area contributed by atoms with Crippen molar-refractivity contribution >= 4 is 0 Å². The highest BCUT2D eigenvalue weighted by molar-refractivity contribution is 5.51. The Morgan fingerprint density at radius 3 is 2.53 bits per heavy atom. The Labute approximate surface area is 102 Å². The number of methoxy groups -OCH3 is 3. The number of rotatable bonds is 4.